The highest BCUT2D eigenvalue weighted by atomic mass is 16.2. The summed E-state index contributed by atoms with van der Waals surface area (Å²) >= 11 is 0. The Bertz CT molecular complexity index is 901. The van der Waals surface area contributed by atoms with Crippen LogP contribution in [0, 0.1) is 0 Å². The van der Waals surface area contributed by atoms with Crippen LogP contribution >= 0.6 is 0 Å². The van der Waals surface area contributed by atoms with E-state index in [9.17, 15) is 4.79 Å². The van der Waals surface area contributed by atoms with E-state index in [1.54, 1.807) is 0 Å². The molecule has 1 heterocycles. The van der Waals surface area contributed by atoms with Crippen LogP contribution in [-0.4, -0.2) is 5.91 Å². The molecule has 0 aliphatic carbocycles. The Labute approximate surface area is 140 Å². The maximum Gasteiger partial charge on any atom is 0.270 e. The highest BCUT2D eigenvalue weighted by molar-refractivity contribution is 6.08. The number of fused-ring (bicyclic) bond motifs is 1. The summed E-state index contributed by atoms with van der Waals surface area (Å²) in [6, 6.07) is 27.6. The van der Waals surface area contributed by atoms with E-state index in [0.29, 0.717) is 5.56 Å². The van der Waals surface area contributed by atoms with Crippen molar-refractivity contribution in [2.24, 2.45) is 0 Å². The van der Waals surface area contributed by atoms with Crippen LogP contribution in [0.15, 0.2) is 84.9 Å². The molecule has 0 unspecified atom stereocenters. The van der Waals surface area contributed by atoms with Gasteiger partial charge in [-0.15, -0.1) is 0 Å². The average Bonchev–Trinajstić information content (AvgIpc) is 2.65. The molecule has 1 N–H and O–H groups in total. The molecule has 1 aliphatic heterocycles. The van der Waals surface area contributed by atoms with Crippen LogP contribution in [0.2, 0.25) is 0 Å². The predicted molar refractivity (Wildman–Crippen MR) is 97.1 cm³/mol. The fourth-order valence-electron chi connectivity index (χ4n) is 2.88. The first-order valence-electron chi connectivity index (χ1n) is 7.85. The second-order valence-corrected chi connectivity index (χ2v) is 5.60. The lowest BCUT2D eigenvalue weighted by atomic mass is 9.99. The third kappa shape index (κ3) is 2.57. The molecule has 0 saturated carbocycles. The summed E-state index contributed by atoms with van der Waals surface area (Å²) < 4.78 is 0. The Hall–Kier alpha value is -3.33. The number of nitrogens with one attached hydrogen (secondary N) is 1. The Morgan fingerprint density at radius 1 is 0.708 bits per heavy atom. The van der Waals surface area contributed by atoms with Crippen LogP contribution in [0.4, 0.5) is 5.69 Å². The van der Waals surface area contributed by atoms with Crippen molar-refractivity contribution in [1.82, 2.24) is 5.43 Å². The zero-order valence-electron chi connectivity index (χ0n) is 13.0. The van der Waals surface area contributed by atoms with Gasteiger partial charge in [-0.3, -0.25) is 15.2 Å². The molecule has 0 spiro atoms. The Balaban J connectivity index is 1.91. The van der Waals surface area contributed by atoms with Gasteiger partial charge in [0.05, 0.1) is 16.9 Å². The molecule has 0 atom stereocenters. The van der Waals surface area contributed by atoms with Gasteiger partial charge in [-0.05, 0) is 29.8 Å². The molecule has 0 saturated heterocycles. The van der Waals surface area contributed by atoms with Gasteiger partial charge in [0.1, 0.15) is 0 Å². The molecule has 3 heteroatoms. The number of carbonyl (C=O) groups excluding carboxylic acids is 1. The van der Waals surface area contributed by atoms with Gasteiger partial charge in [0, 0.05) is 5.56 Å². The largest absolute Gasteiger partial charge is 0.270 e. The molecule has 3 aromatic carbocycles. The smallest absolute Gasteiger partial charge is 0.267 e. The summed E-state index contributed by atoms with van der Waals surface area (Å²) in [5.74, 6) is -0.0975. The topological polar surface area (TPSA) is 32.3 Å². The van der Waals surface area contributed by atoms with Crippen LogP contribution in [0.25, 0.3) is 11.8 Å². The summed E-state index contributed by atoms with van der Waals surface area (Å²) in [6.07, 6.45) is 2.09. The summed E-state index contributed by atoms with van der Waals surface area (Å²) in [5.41, 5.74) is 7.55. The van der Waals surface area contributed by atoms with Gasteiger partial charge in [0.2, 0.25) is 0 Å². The monoisotopic (exact) mass is 312 g/mol. The molecular formula is C21H16N2O. The number of hydrazine groups is 1. The second kappa shape index (κ2) is 6.05. The van der Waals surface area contributed by atoms with E-state index < -0.39 is 0 Å². The van der Waals surface area contributed by atoms with Crippen molar-refractivity contribution >= 4 is 23.4 Å². The van der Waals surface area contributed by atoms with Crippen molar-refractivity contribution in [3.8, 4) is 0 Å². The van der Waals surface area contributed by atoms with Gasteiger partial charge in [-0.1, -0.05) is 66.7 Å². The number of rotatable bonds is 2. The molecular weight excluding hydrogens is 296 g/mol. The molecule has 24 heavy (non-hydrogen) atoms. The van der Waals surface area contributed by atoms with E-state index in [4.69, 9.17) is 0 Å². The van der Waals surface area contributed by atoms with E-state index in [1.165, 1.54) is 0 Å². The fraction of sp³-hybridized carbons (Fsp3) is 0. The highest BCUT2D eigenvalue weighted by Gasteiger charge is 2.27. The van der Waals surface area contributed by atoms with Crippen molar-refractivity contribution in [2.75, 3.05) is 5.01 Å². The first kappa shape index (κ1) is 14.3. The first-order valence-corrected chi connectivity index (χ1v) is 7.85. The van der Waals surface area contributed by atoms with Gasteiger partial charge in [0.15, 0.2) is 0 Å². The van der Waals surface area contributed by atoms with Crippen molar-refractivity contribution in [1.29, 1.82) is 0 Å². The lowest BCUT2D eigenvalue weighted by Gasteiger charge is -2.33. The predicted octanol–water partition coefficient (Wildman–Crippen LogP) is 4.35. The molecule has 4 rings (SSSR count). The molecule has 3 nitrogen and oxygen atoms in total. The lowest BCUT2D eigenvalue weighted by molar-refractivity contribution is 0.0950. The van der Waals surface area contributed by atoms with Gasteiger partial charge >= 0.3 is 0 Å². The quantitative estimate of drug-likeness (QED) is 0.763. The molecule has 3 aromatic rings. The number of hydrogen-bond donors (Lipinski definition) is 1. The summed E-state index contributed by atoms with van der Waals surface area (Å²) in [6.45, 7) is 0. The molecule has 0 aromatic heterocycles. The van der Waals surface area contributed by atoms with Crippen molar-refractivity contribution in [3.05, 3.63) is 102 Å². The summed E-state index contributed by atoms with van der Waals surface area (Å²) in [5, 5.41) is 1.84. The zero-order valence-corrected chi connectivity index (χ0v) is 13.0. The normalized spacial score (nSPS) is 15.1. The summed E-state index contributed by atoms with van der Waals surface area (Å²) in [7, 11) is 0. The lowest BCUT2D eigenvalue weighted by Crippen LogP contribution is -2.45. The minimum Gasteiger partial charge on any atom is -0.267 e. The number of amides is 1. The second-order valence-electron chi connectivity index (χ2n) is 5.60. The third-order valence-electron chi connectivity index (χ3n) is 4.02. The average molecular weight is 312 g/mol. The van der Waals surface area contributed by atoms with Crippen molar-refractivity contribution in [2.45, 2.75) is 0 Å². The van der Waals surface area contributed by atoms with E-state index >= 15 is 0 Å². The van der Waals surface area contributed by atoms with Crippen molar-refractivity contribution < 1.29 is 4.79 Å². The fourth-order valence-corrected chi connectivity index (χ4v) is 2.88. The first-order chi connectivity index (χ1) is 11.8. The van der Waals surface area contributed by atoms with E-state index in [1.807, 2.05) is 77.8 Å². The zero-order chi connectivity index (χ0) is 16.4. The molecule has 0 bridgehead atoms. The van der Waals surface area contributed by atoms with Gasteiger partial charge in [-0.2, -0.15) is 0 Å². The van der Waals surface area contributed by atoms with Crippen LogP contribution in [-0.2, 0) is 0 Å². The van der Waals surface area contributed by atoms with E-state index in [0.717, 1.165) is 22.5 Å². The Morgan fingerprint density at radius 3 is 2.00 bits per heavy atom. The number of benzene rings is 3. The third-order valence-corrected chi connectivity index (χ3v) is 4.02. The van der Waals surface area contributed by atoms with Crippen LogP contribution in [0.3, 0.4) is 0 Å². The molecule has 1 aliphatic rings. The number of carbonyl (C=O) groups is 1. The van der Waals surface area contributed by atoms with Gasteiger partial charge in [-0.25, -0.2) is 0 Å². The molecule has 116 valence electrons. The number of para-hydroxylation sites is 1. The molecule has 1 amide bonds. The standard InChI is InChI=1S/C21H16N2O/c24-21-19-14-8-7-13-18(19)20(15-16-9-3-1-4-10-16)23(22-21)17-11-5-2-6-12-17/h1-15H,(H,22,24). The minimum absolute atomic E-state index is 0.0975. The maximum atomic E-state index is 12.5. The SMILES string of the molecule is O=C1NN(c2ccccc2)C(=Cc2ccccc2)c2ccccc21. The van der Waals surface area contributed by atoms with E-state index in [2.05, 4.69) is 23.6 Å². The molecule has 0 radical (unpaired) electrons. The van der Waals surface area contributed by atoms with E-state index in [-0.39, 0.29) is 5.91 Å². The van der Waals surface area contributed by atoms with Crippen molar-refractivity contribution in [3.63, 3.8) is 0 Å². The Kier molecular flexibility index (Phi) is 3.60. The highest BCUT2D eigenvalue weighted by Crippen LogP contribution is 2.32. The van der Waals surface area contributed by atoms with Crippen LogP contribution in [0.1, 0.15) is 21.5 Å². The number of anilines is 1. The van der Waals surface area contributed by atoms with Gasteiger partial charge in [0.25, 0.3) is 5.91 Å². The Morgan fingerprint density at radius 2 is 1.29 bits per heavy atom. The minimum atomic E-state index is -0.0975. The number of hydrogen-bond acceptors (Lipinski definition) is 2. The summed E-state index contributed by atoms with van der Waals surface area (Å²) in [4.78, 5) is 12.5. The van der Waals surface area contributed by atoms with Crippen LogP contribution < -0.4 is 10.4 Å². The van der Waals surface area contributed by atoms with Crippen LogP contribution in [0.5, 0.6) is 0 Å². The number of nitrogens with zero attached hydrogens (tertiary/aromatic N) is 1. The maximum absolute atomic E-state index is 12.5. The molecule has 0 fully saturated rings. The van der Waals surface area contributed by atoms with Gasteiger partial charge < -0.3 is 0 Å².